The van der Waals surface area contributed by atoms with Crippen LogP contribution in [0.4, 0.5) is 11.8 Å². The molecule has 4 N–H and O–H groups in total. The summed E-state index contributed by atoms with van der Waals surface area (Å²) in [6, 6.07) is 2.40. The minimum absolute atomic E-state index is 0.521. The molecular weight excluding hydrogens is 266 g/mol. The topological polar surface area (TPSA) is 95.8 Å². The van der Waals surface area contributed by atoms with Crippen molar-refractivity contribution in [2.45, 2.75) is 25.8 Å². The van der Waals surface area contributed by atoms with Crippen LogP contribution in [0.25, 0.3) is 11.3 Å². The Labute approximate surface area is 124 Å². The molecule has 2 aromatic rings. The van der Waals surface area contributed by atoms with Crippen LogP contribution >= 0.6 is 0 Å². The second-order valence-electron chi connectivity index (χ2n) is 5.27. The molecule has 1 fully saturated rings. The lowest BCUT2D eigenvalue weighted by molar-refractivity contribution is 0.277. The molecule has 3 rings (SSSR count). The van der Waals surface area contributed by atoms with Gasteiger partial charge in [-0.2, -0.15) is 5.10 Å². The van der Waals surface area contributed by atoms with Gasteiger partial charge in [0.15, 0.2) is 0 Å². The first kappa shape index (κ1) is 13.8. The molecule has 0 aliphatic carbocycles. The number of hydrogen-bond acceptors (Lipinski definition) is 6. The Morgan fingerprint density at radius 2 is 2.43 bits per heavy atom. The molecule has 112 valence electrons. The minimum atomic E-state index is 0.521. The first-order valence-electron chi connectivity index (χ1n) is 7.38. The number of nitrogens with one attached hydrogen (secondary N) is 2. The van der Waals surface area contributed by atoms with Crippen LogP contribution in [0.2, 0.25) is 0 Å². The molecule has 0 bridgehead atoms. The zero-order chi connectivity index (χ0) is 14.7. The Morgan fingerprint density at radius 1 is 1.52 bits per heavy atom. The van der Waals surface area contributed by atoms with E-state index in [0.29, 0.717) is 17.8 Å². The van der Waals surface area contributed by atoms with Gasteiger partial charge in [-0.15, -0.1) is 0 Å². The lowest BCUT2D eigenvalue weighted by Gasteiger charge is -2.22. The summed E-state index contributed by atoms with van der Waals surface area (Å²) in [6.07, 6.45) is 5.92. The number of nitrogens with two attached hydrogens (primary N) is 1. The summed E-state index contributed by atoms with van der Waals surface area (Å²) < 4.78 is 0. The smallest absolute Gasteiger partial charge is 0.223 e. The zero-order valence-electron chi connectivity index (χ0n) is 12.2. The van der Waals surface area contributed by atoms with Crippen LogP contribution in [0.1, 0.15) is 19.8 Å². The van der Waals surface area contributed by atoms with Crippen molar-refractivity contribution in [2.24, 2.45) is 0 Å². The largest absolute Gasteiger partial charge is 0.384 e. The van der Waals surface area contributed by atoms with Crippen LogP contribution in [0, 0.1) is 0 Å². The Balaban J connectivity index is 1.68. The van der Waals surface area contributed by atoms with Crippen LogP contribution in [-0.2, 0) is 0 Å². The van der Waals surface area contributed by atoms with E-state index in [1.807, 2.05) is 6.07 Å². The van der Waals surface area contributed by atoms with Gasteiger partial charge in [-0.1, -0.05) is 6.92 Å². The number of rotatable bonds is 5. The third kappa shape index (κ3) is 2.97. The number of likely N-dealkylation sites (N-methyl/N-ethyl adjacent to an activating group) is 1. The summed E-state index contributed by atoms with van der Waals surface area (Å²) in [7, 11) is 0. The van der Waals surface area contributed by atoms with E-state index in [0.717, 1.165) is 24.3 Å². The molecule has 0 amide bonds. The molecule has 3 heterocycles. The second-order valence-corrected chi connectivity index (χ2v) is 5.27. The molecule has 1 saturated heterocycles. The molecule has 0 radical (unpaired) electrons. The van der Waals surface area contributed by atoms with Crippen molar-refractivity contribution in [3.8, 4) is 11.3 Å². The lowest BCUT2D eigenvalue weighted by atomic mass is 10.2. The van der Waals surface area contributed by atoms with Gasteiger partial charge in [0.25, 0.3) is 0 Å². The summed E-state index contributed by atoms with van der Waals surface area (Å²) in [5.74, 6) is 1.16. The number of aromatic amines is 1. The average Bonchev–Trinajstić information content (AvgIpc) is 3.13. The number of aromatic nitrogens is 4. The Morgan fingerprint density at radius 3 is 3.19 bits per heavy atom. The number of likely N-dealkylation sites (tertiary alicyclic amines) is 1. The SMILES string of the molecule is CCN1CCCC1CNc1nccc(-c2cn[nH]c2N)n1. The highest BCUT2D eigenvalue weighted by Crippen LogP contribution is 2.22. The maximum Gasteiger partial charge on any atom is 0.223 e. The monoisotopic (exact) mass is 287 g/mol. The minimum Gasteiger partial charge on any atom is -0.384 e. The Kier molecular flexibility index (Phi) is 4.01. The van der Waals surface area contributed by atoms with Gasteiger partial charge in [-0.05, 0) is 32.0 Å². The highest BCUT2D eigenvalue weighted by molar-refractivity contribution is 5.70. The van der Waals surface area contributed by atoms with Crippen LogP contribution in [-0.4, -0.2) is 50.7 Å². The van der Waals surface area contributed by atoms with Gasteiger partial charge in [-0.25, -0.2) is 9.97 Å². The van der Waals surface area contributed by atoms with Crippen LogP contribution in [0.3, 0.4) is 0 Å². The van der Waals surface area contributed by atoms with E-state index in [1.165, 1.54) is 19.4 Å². The summed E-state index contributed by atoms with van der Waals surface area (Å²) in [6.45, 7) is 5.36. The van der Waals surface area contributed by atoms with Gasteiger partial charge in [0.1, 0.15) is 5.82 Å². The highest BCUT2D eigenvalue weighted by atomic mass is 15.2. The maximum absolute atomic E-state index is 5.83. The molecule has 7 heteroatoms. The normalized spacial score (nSPS) is 19.0. The van der Waals surface area contributed by atoms with E-state index in [2.05, 4.69) is 37.3 Å². The van der Waals surface area contributed by atoms with Gasteiger partial charge in [0, 0.05) is 18.8 Å². The number of nitrogen functional groups attached to an aromatic ring is 1. The summed E-state index contributed by atoms with van der Waals surface area (Å²) in [4.78, 5) is 11.3. The first-order chi connectivity index (χ1) is 10.3. The Hall–Kier alpha value is -2.15. The van der Waals surface area contributed by atoms with Crippen LogP contribution < -0.4 is 11.1 Å². The van der Waals surface area contributed by atoms with Crippen molar-refractivity contribution in [3.63, 3.8) is 0 Å². The molecular formula is C14H21N7. The quantitative estimate of drug-likeness (QED) is 0.768. The molecule has 0 spiro atoms. The molecule has 1 aliphatic heterocycles. The predicted octanol–water partition coefficient (Wildman–Crippen LogP) is 1.35. The van der Waals surface area contributed by atoms with E-state index in [9.17, 15) is 0 Å². The zero-order valence-corrected chi connectivity index (χ0v) is 12.2. The molecule has 1 unspecified atom stereocenters. The average molecular weight is 287 g/mol. The van der Waals surface area contributed by atoms with Gasteiger partial charge in [0.05, 0.1) is 17.5 Å². The third-order valence-corrected chi connectivity index (χ3v) is 4.00. The number of anilines is 2. The van der Waals surface area contributed by atoms with E-state index in [1.54, 1.807) is 12.4 Å². The van der Waals surface area contributed by atoms with Gasteiger partial charge in [-0.3, -0.25) is 10.00 Å². The van der Waals surface area contributed by atoms with E-state index in [-0.39, 0.29) is 0 Å². The highest BCUT2D eigenvalue weighted by Gasteiger charge is 2.22. The van der Waals surface area contributed by atoms with Crippen molar-refractivity contribution in [2.75, 3.05) is 30.7 Å². The standard InChI is InChI=1S/C14H21N7/c1-2-21-7-3-4-10(21)8-17-14-16-6-5-12(19-14)11-9-18-20-13(11)15/h5-6,9-10H,2-4,7-8H2,1H3,(H3,15,18,20)(H,16,17,19). The fourth-order valence-electron chi connectivity index (χ4n) is 2.85. The summed E-state index contributed by atoms with van der Waals surface area (Å²) in [5.41, 5.74) is 7.40. The van der Waals surface area contributed by atoms with Gasteiger partial charge in [0.2, 0.25) is 5.95 Å². The molecule has 1 aliphatic rings. The predicted molar refractivity (Wildman–Crippen MR) is 82.8 cm³/mol. The van der Waals surface area contributed by atoms with E-state index < -0.39 is 0 Å². The second kappa shape index (κ2) is 6.09. The lowest BCUT2D eigenvalue weighted by Crippen LogP contribution is -2.34. The molecule has 1 atom stereocenters. The third-order valence-electron chi connectivity index (χ3n) is 4.00. The molecule has 21 heavy (non-hydrogen) atoms. The van der Waals surface area contributed by atoms with Gasteiger partial charge < -0.3 is 11.1 Å². The summed E-state index contributed by atoms with van der Waals surface area (Å²) >= 11 is 0. The van der Waals surface area contributed by atoms with Crippen molar-refractivity contribution < 1.29 is 0 Å². The van der Waals surface area contributed by atoms with Crippen LogP contribution in [0.5, 0.6) is 0 Å². The van der Waals surface area contributed by atoms with Gasteiger partial charge >= 0.3 is 0 Å². The molecule has 0 aromatic carbocycles. The molecule has 2 aromatic heterocycles. The number of nitrogens with zero attached hydrogens (tertiary/aromatic N) is 4. The van der Waals surface area contributed by atoms with Crippen LogP contribution in [0.15, 0.2) is 18.5 Å². The van der Waals surface area contributed by atoms with Crippen molar-refractivity contribution >= 4 is 11.8 Å². The van der Waals surface area contributed by atoms with E-state index >= 15 is 0 Å². The van der Waals surface area contributed by atoms with Crippen molar-refractivity contribution in [1.29, 1.82) is 0 Å². The Bertz CT molecular complexity index is 595. The molecule has 0 saturated carbocycles. The number of H-pyrrole nitrogens is 1. The van der Waals surface area contributed by atoms with Crippen molar-refractivity contribution in [3.05, 3.63) is 18.5 Å². The van der Waals surface area contributed by atoms with E-state index in [4.69, 9.17) is 5.73 Å². The maximum atomic E-state index is 5.83. The first-order valence-corrected chi connectivity index (χ1v) is 7.38. The van der Waals surface area contributed by atoms with Crippen molar-refractivity contribution in [1.82, 2.24) is 25.1 Å². The number of hydrogen-bond donors (Lipinski definition) is 3. The molecule has 7 nitrogen and oxygen atoms in total. The fourth-order valence-corrected chi connectivity index (χ4v) is 2.85. The fraction of sp³-hybridized carbons (Fsp3) is 0.500. The summed E-state index contributed by atoms with van der Waals surface area (Å²) in [5, 5.41) is 9.97.